The zero-order valence-electron chi connectivity index (χ0n) is 9.63. The first-order valence-electron chi connectivity index (χ1n) is 5.99. The van der Waals surface area contributed by atoms with Crippen LogP contribution in [0.1, 0.15) is 38.4 Å². The molecular weight excluding hydrogens is 311 g/mol. The lowest BCUT2D eigenvalue weighted by Crippen LogP contribution is -1.85. The maximum absolute atomic E-state index is 5.87. The Morgan fingerprint density at radius 3 is 2.69 bits per heavy atom. The number of fused-ring (bicyclic) bond motifs is 1. The Bertz CT molecular complexity index is 459. The molecule has 1 aromatic heterocycles. The van der Waals surface area contributed by atoms with Crippen molar-refractivity contribution >= 4 is 33.6 Å². The first-order valence-corrected chi connectivity index (χ1v) is 7.06. The summed E-state index contributed by atoms with van der Waals surface area (Å²) in [4.78, 5) is 0. The van der Waals surface area contributed by atoms with Gasteiger partial charge in [0.2, 0.25) is 0 Å². The number of halogens is 1. The quantitative estimate of drug-likeness (QED) is 0.546. The van der Waals surface area contributed by atoms with Crippen molar-refractivity contribution in [3.63, 3.8) is 0 Å². The van der Waals surface area contributed by atoms with Gasteiger partial charge in [0.25, 0.3) is 0 Å². The van der Waals surface area contributed by atoms with E-state index in [0.717, 1.165) is 17.8 Å². The number of aryl methyl sites for hydroxylation is 1. The fourth-order valence-electron chi connectivity index (χ4n) is 1.94. The van der Waals surface area contributed by atoms with Crippen molar-refractivity contribution in [2.24, 2.45) is 0 Å². The summed E-state index contributed by atoms with van der Waals surface area (Å²) in [5.41, 5.74) is 1.03. The lowest BCUT2D eigenvalue weighted by atomic mass is 10.1. The van der Waals surface area contributed by atoms with Crippen molar-refractivity contribution in [2.45, 2.75) is 39.0 Å². The fourth-order valence-corrected chi connectivity index (χ4v) is 2.76. The lowest BCUT2D eigenvalue weighted by molar-refractivity contribution is 0.524. The molecule has 86 valence electrons. The third-order valence-corrected chi connectivity index (χ3v) is 4.04. The maximum Gasteiger partial charge on any atom is 0.135 e. The number of hydrogen-bond donors (Lipinski definition) is 0. The van der Waals surface area contributed by atoms with E-state index >= 15 is 0 Å². The van der Waals surface area contributed by atoms with Crippen LogP contribution in [0.4, 0.5) is 0 Å². The summed E-state index contributed by atoms with van der Waals surface area (Å²) in [7, 11) is 0. The molecule has 0 fully saturated rings. The number of furan rings is 1. The van der Waals surface area contributed by atoms with Crippen LogP contribution in [0.25, 0.3) is 11.0 Å². The molecule has 0 saturated carbocycles. The topological polar surface area (TPSA) is 13.1 Å². The minimum atomic E-state index is 1.03. The minimum absolute atomic E-state index is 1.03. The Morgan fingerprint density at radius 2 is 1.94 bits per heavy atom. The molecule has 1 heterocycles. The largest absolute Gasteiger partial charge is 0.460 e. The Labute approximate surface area is 110 Å². The third kappa shape index (κ3) is 2.59. The number of hydrogen-bond acceptors (Lipinski definition) is 1. The van der Waals surface area contributed by atoms with Crippen LogP contribution in [0.15, 0.2) is 28.7 Å². The Kier molecular flexibility index (Phi) is 4.27. The van der Waals surface area contributed by atoms with E-state index in [1.165, 1.54) is 34.6 Å². The average molecular weight is 328 g/mol. The summed E-state index contributed by atoms with van der Waals surface area (Å²) >= 11 is 2.40. The normalized spacial score (nSPS) is 11.1. The van der Waals surface area contributed by atoms with Gasteiger partial charge in [0.05, 0.1) is 3.57 Å². The monoisotopic (exact) mass is 328 g/mol. The molecule has 0 atom stereocenters. The van der Waals surface area contributed by atoms with E-state index < -0.39 is 0 Å². The summed E-state index contributed by atoms with van der Waals surface area (Å²) in [6.45, 7) is 2.24. The molecule has 0 saturated heterocycles. The van der Waals surface area contributed by atoms with Gasteiger partial charge in [0, 0.05) is 11.8 Å². The molecular formula is C14H17IO. The second kappa shape index (κ2) is 5.71. The molecule has 2 aromatic rings. The summed E-state index contributed by atoms with van der Waals surface area (Å²) in [5.74, 6) is 1.16. The van der Waals surface area contributed by atoms with Gasteiger partial charge in [-0.3, -0.25) is 0 Å². The van der Waals surface area contributed by atoms with Gasteiger partial charge in [-0.25, -0.2) is 0 Å². The second-order valence-electron chi connectivity index (χ2n) is 4.15. The van der Waals surface area contributed by atoms with E-state index in [0.29, 0.717) is 0 Å². The van der Waals surface area contributed by atoms with E-state index in [4.69, 9.17) is 4.42 Å². The molecule has 0 spiro atoms. The molecule has 2 heteroatoms. The van der Waals surface area contributed by atoms with Crippen molar-refractivity contribution in [3.8, 4) is 0 Å². The SMILES string of the molecule is CCCCCCc1oc2ccccc2c1I. The smallest absolute Gasteiger partial charge is 0.135 e. The van der Waals surface area contributed by atoms with Gasteiger partial charge in [-0.2, -0.15) is 0 Å². The molecule has 0 aliphatic heterocycles. The standard InChI is InChI=1S/C14H17IO/c1-2-3-4-5-10-13-14(15)11-8-6-7-9-12(11)16-13/h6-9H,2-5,10H2,1H3. The summed E-state index contributed by atoms with van der Waals surface area (Å²) < 4.78 is 7.17. The Hall–Kier alpha value is -0.510. The fraction of sp³-hybridized carbons (Fsp3) is 0.429. The van der Waals surface area contributed by atoms with Crippen molar-refractivity contribution in [3.05, 3.63) is 33.6 Å². The highest BCUT2D eigenvalue weighted by molar-refractivity contribution is 14.1. The van der Waals surface area contributed by atoms with Crippen LogP contribution < -0.4 is 0 Å². The number of para-hydroxylation sites is 1. The average Bonchev–Trinajstić information content (AvgIpc) is 2.63. The number of benzene rings is 1. The van der Waals surface area contributed by atoms with Crippen LogP contribution in [-0.2, 0) is 6.42 Å². The predicted molar refractivity (Wildman–Crippen MR) is 76.8 cm³/mol. The van der Waals surface area contributed by atoms with Gasteiger partial charge in [-0.05, 0) is 35.1 Å². The van der Waals surface area contributed by atoms with E-state index in [1.54, 1.807) is 0 Å². The second-order valence-corrected chi connectivity index (χ2v) is 5.22. The number of rotatable bonds is 5. The minimum Gasteiger partial charge on any atom is -0.460 e. The highest BCUT2D eigenvalue weighted by atomic mass is 127. The highest BCUT2D eigenvalue weighted by Gasteiger charge is 2.10. The van der Waals surface area contributed by atoms with Crippen molar-refractivity contribution in [1.82, 2.24) is 0 Å². The molecule has 0 radical (unpaired) electrons. The lowest BCUT2D eigenvalue weighted by Gasteiger charge is -1.97. The molecule has 0 aliphatic carbocycles. The molecule has 0 aliphatic rings. The summed E-state index contributed by atoms with van der Waals surface area (Å²) in [6.07, 6.45) is 6.24. The van der Waals surface area contributed by atoms with Crippen LogP contribution in [-0.4, -0.2) is 0 Å². The van der Waals surface area contributed by atoms with Gasteiger partial charge >= 0.3 is 0 Å². The molecule has 0 bridgehead atoms. The van der Waals surface area contributed by atoms with Crippen LogP contribution in [0, 0.1) is 3.57 Å². The molecule has 0 N–H and O–H groups in total. The van der Waals surface area contributed by atoms with Crippen molar-refractivity contribution in [2.75, 3.05) is 0 Å². The van der Waals surface area contributed by atoms with Crippen LogP contribution in [0.5, 0.6) is 0 Å². The molecule has 0 unspecified atom stereocenters. The van der Waals surface area contributed by atoms with Crippen molar-refractivity contribution < 1.29 is 4.42 Å². The van der Waals surface area contributed by atoms with Crippen LogP contribution in [0.2, 0.25) is 0 Å². The van der Waals surface area contributed by atoms with Gasteiger partial charge in [0.1, 0.15) is 11.3 Å². The Morgan fingerprint density at radius 1 is 1.12 bits per heavy atom. The zero-order chi connectivity index (χ0) is 11.4. The maximum atomic E-state index is 5.87. The van der Waals surface area contributed by atoms with Gasteiger partial charge < -0.3 is 4.42 Å². The van der Waals surface area contributed by atoms with Gasteiger partial charge in [-0.1, -0.05) is 44.4 Å². The summed E-state index contributed by atoms with van der Waals surface area (Å²) in [5, 5.41) is 1.26. The van der Waals surface area contributed by atoms with Gasteiger partial charge in [-0.15, -0.1) is 0 Å². The molecule has 1 aromatic carbocycles. The van der Waals surface area contributed by atoms with E-state index in [-0.39, 0.29) is 0 Å². The first-order chi connectivity index (χ1) is 7.83. The van der Waals surface area contributed by atoms with Crippen LogP contribution >= 0.6 is 22.6 Å². The van der Waals surface area contributed by atoms with E-state index in [2.05, 4.69) is 41.6 Å². The van der Waals surface area contributed by atoms with Crippen molar-refractivity contribution in [1.29, 1.82) is 0 Å². The molecule has 0 amide bonds. The Balaban J connectivity index is 2.09. The molecule has 2 rings (SSSR count). The first kappa shape index (κ1) is 12.0. The van der Waals surface area contributed by atoms with E-state index in [9.17, 15) is 0 Å². The van der Waals surface area contributed by atoms with Crippen LogP contribution in [0.3, 0.4) is 0 Å². The number of unbranched alkanes of at least 4 members (excludes halogenated alkanes) is 3. The zero-order valence-corrected chi connectivity index (χ0v) is 11.8. The van der Waals surface area contributed by atoms with Gasteiger partial charge in [0.15, 0.2) is 0 Å². The highest BCUT2D eigenvalue weighted by Crippen LogP contribution is 2.28. The summed E-state index contributed by atoms with van der Waals surface area (Å²) in [6, 6.07) is 8.28. The van der Waals surface area contributed by atoms with E-state index in [1.807, 2.05) is 12.1 Å². The molecule has 16 heavy (non-hydrogen) atoms. The third-order valence-electron chi connectivity index (χ3n) is 2.86. The predicted octanol–water partition coefficient (Wildman–Crippen LogP) is 5.16. The molecule has 1 nitrogen and oxygen atoms in total.